The van der Waals surface area contributed by atoms with Crippen molar-refractivity contribution in [1.82, 2.24) is 15.1 Å². The van der Waals surface area contributed by atoms with Gasteiger partial charge in [-0.3, -0.25) is 5.32 Å². The Labute approximate surface area is 147 Å². The van der Waals surface area contributed by atoms with Crippen LogP contribution < -0.4 is 10.6 Å². The molecule has 2 amide bonds. The summed E-state index contributed by atoms with van der Waals surface area (Å²) >= 11 is 0. The molecule has 0 saturated carbocycles. The highest BCUT2D eigenvalue weighted by atomic mass is 19.4. The molecule has 26 heavy (non-hydrogen) atoms. The number of benzene rings is 2. The minimum atomic E-state index is -4.41. The predicted octanol–water partition coefficient (Wildman–Crippen LogP) is 4.21. The SMILES string of the molecule is O=C(NCc1cccc(C(F)(F)F)c1)Nc1ccn(-c2ccccc2)n1. The van der Waals surface area contributed by atoms with Crippen molar-refractivity contribution in [2.24, 2.45) is 0 Å². The van der Waals surface area contributed by atoms with Gasteiger partial charge in [-0.1, -0.05) is 30.3 Å². The summed E-state index contributed by atoms with van der Waals surface area (Å²) in [5, 5.41) is 9.27. The molecule has 0 radical (unpaired) electrons. The maximum atomic E-state index is 12.7. The van der Waals surface area contributed by atoms with Gasteiger partial charge in [-0.25, -0.2) is 9.48 Å². The molecule has 0 fully saturated rings. The fraction of sp³-hybridized carbons (Fsp3) is 0.111. The van der Waals surface area contributed by atoms with E-state index in [0.29, 0.717) is 11.4 Å². The van der Waals surface area contributed by atoms with E-state index in [4.69, 9.17) is 0 Å². The Bertz CT molecular complexity index is 891. The van der Waals surface area contributed by atoms with Crippen molar-refractivity contribution in [3.05, 3.63) is 78.0 Å². The van der Waals surface area contributed by atoms with Gasteiger partial charge in [-0.05, 0) is 29.8 Å². The van der Waals surface area contributed by atoms with Crippen LogP contribution in [0, 0.1) is 0 Å². The van der Waals surface area contributed by atoms with Crippen LogP contribution in [0.4, 0.5) is 23.8 Å². The Morgan fingerprint density at radius 1 is 1.04 bits per heavy atom. The summed E-state index contributed by atoms with van der Waals surface area (Å²) in [6.45, 7) is -0.0326. The Morgan fingerprint density at radius 3 is 2.54 bits per heavy atom. The quantitative estimate of drug-likeness (QED) is 0.732. The third-order valence-corrected chi connectivity index (χ3v) is 3.56. The number of carbonyl (C=O) groups is 1. The molecular weight excluding hydrogens is 345 g/mol. The fourth-order valence-electron chi connectivity index (χ4n) is 2.32. The second-order valence-corrected chi connectivity index (χ2v) is 5.49. The van der Waals surface area contributed by atoms with Crippen LogP contribution >= 0.6 is 0 Å². The molecule has 0 saturated heterocycles. The van der Waals surface area contributed by atoms with Crippen LogP contribution in [0.2, 0.25) is 0 Å². The first-order valence-corrected chi connectivity index (χ1v) is 7.74. The first-order valence-electron chi connectivity index (χ1n) is 7.74. The molecule has 8 heteroatoms. The molecule has 0 atom stereocenters. The molecule has 2 N–H and O–H groups in total. The van der Waals surface area contributed by atoms with Gasteiger partial charge < -0.3 is 5.32 Å². The number of rotatable bonds is 4. The molecule has 0 aliphatic heterocycles. The lowest BCUT2D eigenvalue weighted by atomic mass is 10.1. The molecule has 1 heterocycles. The molecule has 1 aromatic heterocycles. The lowest BCUT2D eigenvalue weighted by molar-refractivity contribution is -0.137. The van der Waals surface area contributed by atoms with E-state index in [-0.39, 0.29) is 6.54 Å². The number of alkyl halides is 3. The number of nitrogens with zero attached hydrogens (tertiary/aromatic N) is 2. The standard InChI is InChI=1S/C18H15F3N4O/c19-18(20,21)14-6-4-5-13(11-14)12-22-17(26)23-16-9-10-25(24-16)15-7-2-1-3-8-15/h1-11H,12H2,(H2,22,23,24,26). The minimum absolute atomic E-state index is 0.0326. The normalized spacial score (nSPS) is 11.2. The highest BCUT2D eigenvalue weighted by Gasteiger charge is 2.30. The largest absolute Gasteiger partial charge is 0.416 e. The monoisotopic (exact) mass is 360 g/mol. The van der Waals surface area contributed by atoms with E-state index >= 15 is 0 Å². The average molecular weight is 360 g/mol. The Morgan fingerprint density at radius 2 is 1.81 bits per heavy atom. The van der Waals surface area contributed by atoms with Crippen LogP contribution in [0.15, 0.2) is 66.9 Å². The van der Waals surface area contributed by atoms with E-state index in [0.717, 1.165) is 17.8 Å². The minimum Gasteiger partial charge on any atom is -0.334 e. The molecule has 2 aromatic carbocycles. The number of hydrogen-bond acceptors (Lipinski definition) is 2. The maximum Gasteiger partial charge on any atom is 0.416 e. The van der Waals surface area contributed by atoms with E-state index in [2.05, 4.69) is 15.7 Å². The third kappa shape index (κ3) is 4.41. The number of carbonyl (C=O) groups excluding carboxylic acids is 1. The molecule has 0 aliphatic carbocycles. The van der Waals surface area contributed by atoms with Crippen molar-refractivity contribution < 1.29 is 18.0 Å². The van der Waals surface area contributed by atoms with Gasteiger partial charge >= 0.3 is 12.2 Å². The van der Waals surface area contributed by atoms with Gasteiger partial charge in [0.2, 0.25) is 0 Å². The third-order valence-electron chi connectivity index (χ3n) is 3.56. The van der Waals surface area contributed by atoms with E-state index in [1.54, 1.807) is 16.9 Å². The number of anilines is 1. The van der Waals surface area contributed by atoms with Crippen molar-refractivity contribution in [1.29, 1.82) is 0 Å². The number of para-hydroxylation sites is 1. The van der Waals surface area contributed by atoms with E-state index in [1.807, 2.05) is 30.3 Å². The summed E-state index contributed by atoms with van der Waals surface area (Å²) in [4.78, 5) is 11.9. The highest BCUT2D eigenvalue weighted by Crippen LogP contribution is 2.29. The summed E-state index contributed by atoms with van der Waals surface area (Å²) in [5.74, 6) is 0.329. The average Bonchev–Trinajstić information content (AvgIpc) is 3.09. The molecule has 3 rings (SSSR count). The van der Waals surface area contributed by atoms with Crippen LogP contribution in [0.25, 0.3) is 5.69 Å². The van der Waals surface area contributed by atoms with Gasteiger partial charge in [0.15, 0.2) is 5.82 Å². The topological polar surface area (TPSA) is 59.0 Å². The number of aromatic nitrogens is 2. The maximum absolute atomic E-state index is 12.7. The van der Waals surface area contributed by atoms with Crippen LogP contribution in [0.3, 0.4) is 0 Å². The highest BCUT2D eigenvalue weighted by molar-refractivity contribution is 5.88. The van der Waals surface area contributed by atoms with Crippen LogP contribution in [-0.4, -0.2) is 15.8 Å². The molecule has 0 aliphatic rings. The number of amides is 2. The zero-order chi connectivity index (χ0) is 18.6. The zero-order valence-electron chi connectivity index (χ0n) is 13.5. The summed E-state index contributed by atoms with van der Waals surface area (Å²) in [5.41, 5.74) is 0.438. The molecule has 5 nitrogen and oxygen atoms in total. The van der Waals surface area contributed by atoms with Gasteiger partial charge in [-0.15, -0.1) is 5.10 Å². The Hall–Kier alpha value is -3.29. The Balaban J connectivity index is 1.58. The number of urea groups is 1. The second kappa shape index (κ2) is 7.30. The van der Waals surface area contributed by atoms with Crippen molar-refractivity contribution in [3.63, 3.8) is 0 Å². The van der Waals surface area contributed by atoms with Crippen LogP contribution in [0.1, 0.15) is 11.1 Å². The molecular formula is C18H15F3N4O. The van der Waals surface area contributed by atoms with Gasteiger partial charge in [0.25, 0.3) is 0 Å². The summed E-state index contributed by atoms with van der Waals surface area (Å²) < 4.78 is 39.7. The fourth-order valence-corrected chi connectivity index (χ4v) is 2.32. The van der Waals surface area contributed by atoms with Gasteiger partial charge in [0, 0.05) is 18.8 Å². The van der Waals surface area contributed by atoms with Crippen molar-refractivity contribution in [3.8, 4) is 5.69 Å². The number of halogens is 3. The molecule has 3 aromatic rings. The first-order chi connectivity index (χ1) is 12.4. The van der Waals surface area contributed by atoms with Gasteiger partial charge in [0.1, 0.15) is 0 Å². The lowest BCUT2D eigenvalue weighted by Gasteiger charge is -2.09. The summed E-state index contributed by atoms with van der Waals surface area (Å²) in [6.07, 6.45) is -2.72. The number of hydrogen-bond donors (Lipinski definition) is 2. The second-order valence-electron chi connectivity index (χ2n) is 5.49. The van der Waals surface area contributed by atoms with Crippen LogP contribution in [-0.2, 0) is 12.7 Å². The smallest absolute Gasteiger partial charge is 0.334 e. The summed E-state index contributed by atoms with van der Waals surface area (Å²) in [6, 6.07) is 15.2. The molecule has 0 spiro atoms. The van der Waals surface area contributed by atoms with Crippen LogP contribution in [0.5, 0.6) is 0 Å². The first kappa shape index (κ1) is 17.5. The van der Waals surface area contributed by atoms with Gasteiger partial charge in [0.05, 0.1) is 11.3 Å². The Kier molecular flexibility index (Phi) is 4.92. The molecule has 134 valence electrons. The van der Waals surface area contributed by atoms with E-state index in [9.17, 15) is 18.0 Å². The van der Waals surface area contributed by atoms with Crippen molar-refractivity contribution in [2.45, 2.75) is 12.7 Å². The van der Waals surface area contributed by atoms with Crippen molar-refractivity contribution in [2.75, 3.05) is 5.32 Å². The molecule has 0 bridgehead atoms. The zero-order valence-corrected chi connectivity index (χ0v) is 13.5. The summed E-state index contributed by atoms with van der Waals surface area (Å²) in [7, 11) is 0. The van der Waals surface area contributed by atoms with E-state index < -0.39 is 17.8 Å². The predicted molar refractivity (Wildman–Crippen MR) is 90.9 cm³/mol. The van der Waals surface area contributed by atoms with Gasteiger partial charge in [-0.2, -0.15) is 13.2 Å². The van der Waals surface area contributed by atoms with Crippen molar-refractivity contribution >= 4 is 11.8 Å². The molecule has 0 unspecified atom stereocenters. The van der Waals surface area contributed by atoms with E-state index in [1.165, 1.54) is 12.1 Å². The lowest BCUT2D eigenvalue weighted by Crippen LogP contribution is -2.28. The number of nitrogens with one attached hydrogen (secondary N) is 2.